The molecule has 0 saturated carbocycles. The molecular weight excluding hydrogens is 378 g/mol. The molecule has 10 heteroatoms. The first-order valence-corrected chi connectivity index (χ1v) is 8.49. The van der Waals surface area contributed by atoms with Gasteiger partial charge in [-0.2, -0.15) is 0 Å². The molecule has 0 unspecified atom stereocenters. The zero-order valence-electron chi connectivity index (χ0n) is 15.4. The maximum absolute atomic E-state index is 12.9. The van der Waals surface area contributed by atoms with Gasteiger partial charge in [-0.15, -0.1) is 0 Å². The molecule has 148 valence electrons. The lowest BCUT2D eigenvalue weighted by atomic mass is 10.1. The Hall–Kier alpha value is -4.21. The van der Waals surface area contributed by atoms with Crippen LogP contribution in [-0.4, -0.2) is 27.4 Å². The van der Waals surface area contributed by atoms with Gasteiger partial charge in [0.05, 0.1) is 11.5 Å². The molecule has 29 heavy (non-hydrogen) atoms. The predicted octanol–water partition coefficient (Wildman–Crippen LogP) is 1.35. The highest BCUT2D eigenvalue weighted by Crippen LogP contribution is 2.23. The van der Waals surface area contributed by atoms with Crippen LogP contribution in [0.2, 0.25) is 0 Å². The Morgan fingerprint density at radius 2 is 1.76 bits per heavy atom. The second kappa shape index (κ2) is 7.80. The van der Waals surface area contributed by atoms with Crippen LogP contribution in [-0.2, 0) is 6.54 Å². The first-order valence-electron chi connectivity index (χ1n) is 8.49. The number of rotatable bonds is 5. The number of aromatic nitrogens is 2. The summed E-state index contributed by atoms with van der Waals surface area (Å²) in [6, 6.07) is 14.3. The molecule has 0 spiro atoms. The summed E-state index contributed by atoms with van der Waals surface area (Å²) in [5.74, 6) is -1.03. The molecule has 0 atom stereocenters. The lowest BCUT2D eigenvalue weighted by Crippen LogP contribution is -2.39. The summed E-state index contributed by atoms with van der Waals surface area (Å²) < 4.78 is 1.12. The minimum absolute atomic E-state index is 0.0722. The molecular formula is C19H17N5O5. The number of aromatic amines is 1. The Morgan fingerprint density at radius 1 is 1.14 bits per heavy atom. The fourth-order valence-electron chi connectivity index (χ4n) is 2.92. The Labute approximate surface area is 164 Å². The van der Waals surface area contributed by atoms with Crippen molar-refractivity contribution < 1.29 is 9.72 Å². The van der Waals surface area contributed by atoms with Crippen molar-refractivity contribution in [2.45, 2.75) is 6.54 Å². The third kappa shape index (κ3) is 3.76. The molecule has 3 rings (SSSR count). The summed E-state index contributed by atoms with van der Waals surface area (Å²) in [5, 5.41) is 11.2. The van der Waals surface area contributed by atoms with Crippen LogP contribution < -0.4 is 21.9 Å². The third-order valence-corrected chi connectivity index (χ3v) is 4.37. The Balaban J connectivity index is 2.08. The van der Waals surface area contributed by atoms with E-state index < -0.39 is 27.8 Å². The monoisotopic (exact) mass is 395 g/mol. The number of H-pyrrole nitrogens is 1. The van der Waals surface area contributed by atoms with Crippen LogP contribution >= 0.6 is 0 Å². The molecule has 0 aliphatic heterocycles. The number of carbonyl (C=O) groups excluding carboxylic acids is 1. The molecule has 1 heterocycles. The van der Waals surface area contributed by atoms with Gasteiger partial charge in [-0.05, 0) is 11.6 Å². The number of para-hydroxylation sites is 1. The van der Waals surface area contributed by atoms with Gasteiger partial charge >= 0.3 is 5.69 Å². The average Bonchev–Trinajstić information content (AvgIpc) is 2.71. The zero-order valence-corrected chi connectivity index (χ0v) is 15.4. The fraction of sp³-hybridized carbons (Fsp3) is 0.105. The Bertz CT molecular complexity index is 1200. The van der Waals surface area contributed by atoms with E-state index in [-0.39, 0.29) is 23.6 Å². The highest BCUT2D eigenvalue weighted by molar-refractivity contribution is 6.09. The van der Waals surface area contributed by atoms with E-state index in [2.05, 4.69) is 4.98 Å². The minimum Gasteiger partial charge on any atom is -0.383 e. The zero-order chi connectivity index (χ0) is 21.1. The Kier molecular flexibility index (Phi) is 5.26. The molecule has 1 aromatic heterocycles. The lowest BCUT2D eigenvalue weighted by molar-refractivity contribution is -0.385. The van der Waals surface area contributed by atoms with E-state index in [1.807, 2.05) is 6.07 Å². The number of carbonyl (C=O) groups is 1. The van der Waals surface area contributed by atoms with Gasteiger partial charge in [-0.3, -0.25) is 29.3 Å². The molecule has 1 amide bonds. The molecule has 0 aliphatic carbocycles. The number of nitrogen functional groups attached to an aromatic ring is 1. The van der Waals surface area contributed by atoms with E-state index in [1.165, 1.54) is 31.3 Å². The maximum Gasteiger partial charge on any atom is 0.330 e. The van der Waals surface area contributed by atoms with Crippen LogP contribution in [0.4, 0.5) is 17.2 Å². The predicted molar refractivity (Wildman–Crippen MR) is 107 cm³/mol. The summed E-state index contributed by atoms with van der Waals surface area (Å²) in [6.45, 7) is 0.0722. The van der Waals surface area contributed by atoms with Crippen molar-refractivity contribution in [3.8, 4) is 0 Å². The largest absolute Gasteiger partial charge is 0.383 e. The van der Waals surface area contributed by atoms with Crippen molar-refractivity contribution in [2.24, 2.45) is 0 Å². The van der Waals surface area contributed by atoms with Gasteiger partial charge in [0, 0.05) is 13.1 Å². The molecule has 3 aromatic rings. The summed E-state index contributed by atoms with van der Waals surface area (Å²) in [4.78, 5) is 51.1. The molecule has 0 saturated heterocycles. The number of nitrogens with two attached hydrogens (primary N) is 1. The molecule has 2 aromatic carbocycles. The van der Waals surface area contributed by atoms with E-state index in [0.29, 0.717) is 0 Å². The van der Waals surface area contributed by atoms with E-state index in [9.17, 15) is 24.5 Å². The van der Waals surface area contributed by atoms with Crippen LogP contribution in [0.1, 0.15) is 15.9 Å². The number of nitro benzene ring substituents is 1. The summed E-state index contributed by atoms with van der Waals surface area (Å²) in [5.41, 5.74) is 4.33. The quantitative estimate of drug-likeness (QED) is 0.493. The molecule has 3 N–H and O–H groups in total. The highest BCUT2D eigenvalue weighted by Gasteiger charge is 2.27. The minimum atomic E-state index is -0.869. The molecule has 0 aliphatic rings. The summed E-state index contributed by atoms with van der Waals surface area (Å²) >= 11 is 0. The second-order valence-corrected chi connectivity index (χ2v) is 6.20. The lowest BCUT2D eigenvalue weighted by Gasteiger charge is -2.20. The van der Waals surface area contributed by atoms with Gasteiger partial charge in [0.25, 0.3) is 17.2 Å². The fourth-order valence-corrected chi connectivity index (χ4v) is 2.92. The molecule has 10 nitrogen and oxygen atoms in total. The van der Waals surface area contributed by atoms with E-state index in [4.69, 9.17) is 5.73 Å². The molecule has 0 fully saturated rings. The topological polar surface area (TPSA) is 144 Å². The van der Waals surface area contributed by atoms with Crippen molar-refractivity contribution in [3.63, 3.8) is 0 Å². The van der Waals surface area contributed by atoms with E-state index >= 15 is 0 Å². The van der Waals surface area contributed by atoms with Crippen LogP contribution in [0.25, 0.3) is 0 Å². The molecule has 0 bridgehead atoms. The van der Waals surface area contributed by atoms with Crippen molar-refractivity contribution >= 4 is 23.1 Å². The van der Waals surface area contributed by atoms with Crippen LogP contribution in [0.3, 0.4) is 0 Å². The third-order valence-electron chi connectivity index (χ3n) is 4.37. The smallest absolute Gasteiger partial charge is 0.330 e. The number of nitrogens with one attached hydrogen (secondary N) is 1. The van der Waals surface area contributed by atoms with Gasteiger partial charge in [-0.1, -0.05) is 42.5 Å². The first-order chi connectivity index (χ1) is 13.8. The van der Waals surface area contributed by atoms with Crippen molar-refractivity contribution in [2.75, 3.05) is 17.7 Å². The number of nitrogens with zero attached hydrogens (tertiary/aromatic N) is 3. The van der Waals surface area contributed by atoms with Crippen LogP contribution in [0.5, 0.6) is 0 Å². The first kappa shape index (κ1) is 19.5. The summed E-state index contributed by atoms with van der Waals surface area (Å²) in [6.07, 6.45) is 0. The van der Waals surface area contributed by atoms with Gasteiger partial charge in [0.1, 0.15) is 11.4 Å². The van der Waals surface area contributed by atoms with Crippen LogP contribution in [0.15, 0.2) is 64.2 Å². The van der Waals surface area contributed by atoms with Crippen molar-refractivity contribution in [1.82, 2.24) is 9.55 Å². The van der Waals surface area contributed by atoms with Crippen molar-refractivity contribution in [1.29, 1.82) is 0 Å². The number of hydrogen-bond donors (Lipinski definition) is 2. The van der Waals surface area contributed by atoms with Gasteiger partial charge < -0.3 is 10.6 Å². The van der Waals surface area contributed by atoms with Gasteiger partial charge in [0.15, 0.2) is 5.69 Å². The number of nitro groups is 1. The highest BCUT2D eigenvalue weighted by atomic mass is 16.6. The standard InChI is InChI=1S/C19H17N5O5/c1-22(18(26)13-9-5-6-10-14(13)24(28)29)15-16(20)23(19(27)21-17(15)25)11-12-7-3-2-4-8-12/h2-10H,11,20H2,1H3,(H,21,25,27). The average molecular weight is 395 g/mol. The maximum atomic E-state index is 12.9. The van der Waals surface area contributed by atoms with E-state index in [0.717, 1.165) is 15.0 Å². The normalized spacial score (nSPS) is 10.5. The summed E-state index contributed by atoms with van der Waals surface area (Å²) in [7, 11) is 1.26. The number of amides is 1. The molecule has 0 radical (unpaired) electrons. The van der Waals surface area contributed by atoms with E-state index in [1.54, 1.807) is 24.3 Å². The number of hydrogen-bond acceptors (Lipinski definition) is 6. The number of benzene rings is 2. The van der Waals surface area contributed by atoms with Gasteiger partial charge in [-0.25, -0.2) is 4.79 Å². The van der Waals surface area contributed by atoms with Crippen LogP contribution in [0, 0.1) is 10.1 Å². The SMILES string of the molecule is CN(C(=O)c1ccccc1[N+](=O)[O-])c1c(N)n(Cc2ccccc2)c(=O)[nH]c1=O. The Morgan fingerprint density at radius 3 is 2.41 bits per heavy atom. The number of anilines is 2. The van der Waals surface area contributed by atoms with Gasteiger partial charge in [0.2, 0.25) is 0 Å². The second-order valence-electron chi connectivity index (χ2n) is 6.20. The van der Waals surface area contributed by atoms with Crippen molar-refractivity contribution in [3.05, 3.63) is 96.7 Å².